The largest absolute Gasteiger partial charge is 0.355 e. The summed E-state index contributed by atoms with van der Waals surface area (Å²) in [4.78, 5) is 11.8. The molecule has 0 aliphatic carbocycles. The lowest BCUT2D eigenvalue weighted by Gasteiger charge is -2.30. The van der Waals surface area contributed by atoms with Crippen LogP contribution in [0.4, 0.5) is 0 Å². The number of amides is 1. The molecule has 1 fully saturated rings. The van der Waals surface area contributed by atoms with Gasteiger partial charge in [0.1, 0.15) is 0 Å². The number of piperidine rings is 1. The van der Waals surface area contributed by atoms with Crippen LogP contribution in [0.25, 0.3) is 0 Å². The molecule has 1 aromatic rings. The van der Waals surface area contributed by atoms with Gasteiger partial charge < -0.3 is 10.6 Å². The molecular formula is C17H26N2O. The molecule has 0 radical (unpaired) electrons. The van der Waals surface area contributed by atoms with Crippen LogP contribution in [-0.2, 0) is 11.2 Å². The Kier molecular flexibility index (Phi) is 6.06. The predicted molar refractivity (Wildman–Crippen MR) is 82.6 cm³/mol. The van der Waals surface area contributed by atoms with Gasteiger partial charge in [0, 0.05) is 19.0 Å². The van der Waals surface area contributed by atoms with Crippen molar-refractivity contribution in [2.45, 2.75) is 45.1 Å². The highest BCUT2D eigenvalue weighted by Crippen LogP contribution is 2.14. The molecule has 0 saturated carbocycles. The first-order chi connectivity index (χ1) is 9.75. The smallest absolute Gasteiger partial charge is 0.220 e. The Morgan fingerprint density at radius 1 is 1.35 bits per heavy atom. The van der Waals surface area contributed by atoms with Gasteiger partial charge in [-0.25, -0.2) is 0 Å². The Labute approximate surface area is 122 Å². The molecule has 0 bridgehead atoms. The first-order valence-electron chi connectivity index (χ1n) is 7.79. The van der Waals surface area contributed by atoms with Crippen molar-refractivity contribution in [1.29, 1.82) is 0 Å². The minimum atomic E-state index is 0.181. The summed E-state index contributed by atoms with van der Waals surface area (Å²) < 4.78 is 0. The molecule has 110 valence electrons. The van der Waals surface area contributed by atoms with E-state index in [1.165, 1.54) is 18.4 Å². The van der Waals surface area contributed by atoms with Crippen molar-refractivity contribution in [1.82, 2.24) is 10.6 Å². The van der Waals surface area contributed by atoms with Crippen molar-refractivity contribution in [3.63, 3.8) is 0 Å². The van der Waals surface area contributed by atoms with Crippen LogP contribution in [0.3, 0.4) is 0 Å². The number of nitrogens with one attached hydrogen (secondary N) is 2. The Bertz CT molecular complexity index is 405. The van der Waals surface area contributed by atoms with Crippen molar-refractivity contribution in [2.75, 3.05) is 13.1 Å². The zero-order valence-electron chi connectivity index (χ0n) is 12.4. The number of hydrogen-bond donors (Lipinski definition) is 2. The van der Waals surface area contributed by atoms with Crippen LogP contribution in [0.1, 0.15) is 38.2 Å². The molecule has 2 rings (SSSR count). The molecule has 20 heavy (non-hydrogen) atoms. The standard InChI is InChI=1S/C17H26N2O/c1-14-7-6-12-18-16(14)13-19-17(20)11-5-10-15-8-3-2-4-9-15/h2-4,8-9,14,16,18H,5-7,10-13H2,1H3,(H,19,20). The van der Waals surface area contributed by atoms with Gasteiger partial charge in [-0.1, -0.05) is 37.3 Å². The zero-order valence-corrected chi connectivity index (χ0v) is 12.4. The lowest BCUT2D eigenvalue weighted by Crippen LogP contribution is -2.47. The fourth-order valence-electron chi connectivity index (χ4n) is 2.80. The van der Waals surface area contributed by atoms with Gasteiger partial charge >= 0.3 is 0 Å². The highest BCUT2D eigenvalue weighted by molar-refractivity contribution is 5.75. The average molecular weight is 274 g/mol. The first kappa shape index (κ1) is 15.0. The van der Waals surface area contributed by atoms with Gasteiger partial charge in [0.2, 0.25) is 5.91 Å². The van der Waals surface area contributed by atoms with E-state index in [4.69, 9.17) is 0 Å². The highest BCUT2D eigenvalue weighted by atomic mass is 16.1. The fourth-order valence-corrected chi connectivity index (χ4v) is 2.80. The van der Waals surface area contributed by atoms with E-state index in [1.54, 1.807) is 0 Å². The van der Waals surface area contributed by atoms with E-state index in [1.807, 2.05) is 18.2 Å². The molecule has 1 amide bonds. The highest BCUT2D eigenvalue weighted by Gasteiger charge is 2.20. The number of carbonyl (C=O) groups excluding carboxylic acids is 1. The van der Waals surface area contributed by atoms with Gasteiger partial charge in [0.25, 0.3) is 0 Å². The maximum absolute atomic E-state index is 11.8. The molecule has 3 heteroatoms. The van der Waals surface area contributed by atoms with E-state index >= 15 is 0 Å². The maximum Gasteiger partial charge on any atom is 0.220 e. The number of benzene rings is 1. The van der Waals surface area contributed by atoms with Crippen molar-refractivity contribution < 1.29 is 4.79 Å². The fraction of sp³-hybridized carbons (Fsp3) is 0.588. The van der Waals surface area contributed by atoms with E-state index in [0.29, 0.717) is 18.4 Å². The second kappa shape index (κ2) is 8.05. The summed E-state index contributed by atoms with van der Waals surface area (Å²) in [5.41, 5.74) is 1.31. The molecule has 2 atom stereocenters. The second-order valence-electron chi connectivity index (χ2n) is 5.82. The molecule has 3 nitrogen and oxygen atoms in total. The van der Waals surface area contributed by atoms with E-state index in [2.05, 4.69) is 29.7 Å². The van der Waals surface area contributed by atoms with Gasteiger partial charge in [0.15, 0.2) is 0 Å². The van der Waals surface area contributed by atoms with Crippen LogP contribution < -0.4 is 10.6 Å². The Hall–Kier alpha value is -1.35. The minimum absolute atomic E-state index is 0.181. The summed E-state index contributed by atoms with van der Waals surface area (Å²) in [5.74, 6) is 0.842. The molecule has 2 N–H and O–H groups in total. The van der Waals surface area contributed by atoms with Gasteiger partial charge in [-0.2, -0.15) is 0 Å². The lowest BCUT2D eigenvalue weighted by atomic mass is 9.93. The Morgan fingerprint density at radius 2 is 2.15 bits per heavy atom. The maximum atomic E-state index is 11.8. The van der Waals surface area contributed by atoms with Gasteiger partial charge in [0.05, 0.1) is 0 Å². The topological polar surface area (TPSA) is 41.1 Å². The van der Waals surface area contributed by atoms with Crippen molar-refractivity contribution in [2.24, 2.45) is 5.92 Å². The van der Waals surface area contributed by atoms with Crippen LogP contribution in [0.15, 0.2) is 30.3 Å². The summed E-state index contributed by atoms with van der Waals surface area (Å²) in [7, 11) is 0. The van der Waals surface area contributed by atoms with Crippen LogP contribution >= 0.6 is 0 Å². The average Bonchev–Trinajstić information content (AvgIpc) is 2.47. The molecule has 1 heterocycles. The third-order valence-electron chi connectivity index (χ3n) is 4.16. The van der Waals surface area contributed by atoms with E-state index in [0.717, 1.165) is 25.9 Å². The SMILES string of the molecule is CC1CCCNC1CNC(=O)CCCc1ccccc1. The number of rotatable bonds is 6. The van der Waals surface area contributed by atoms with E-state index < -0.39 is 0 Å². The molecule has 0 aromatic heterocycles. The first-order valence-corrected chi connectivity index (χ1v) is 7.79. The Morgan fingerprint density at radius 3 is 2.90 bits per heavy atom. The number of carbonyl (C=O) groups is 1. The van der Waals surface area contributed by atoms with Gasteiger partial charge in [-0.3, -0.25) is 4.79 Å². The quantitative estimate of drug-likeness (QED) is 0.837. The summed E-state index contributed by atoms with van der Waals surface area (Å²) in [6, 6.07) is 10.8. The lowest BCUT2D eigenvalue weighted by molar-refractivity contribution is -0.121. The van der Waals surface area contributed by atoms with Crippen LogP contribution in [0.2, 0.25) is 0 Å². The normalized spacial score (nSPS) is 22.4. The molecular weight excluding hydrogens is 248 g/mol. The van der Waals surface area contributed by atoms with E-state index in [-0.39, 0.29) is 5.91 Å². The van der Waals surface area contributed by atoms with Crippen molar-refractivity contribution in [3.8, 4) is 0 Å². The molecule has 1 aliphatic heterocycles. The molecule has 2 unspecified atom stereocenters. The van der Waals surface area contributed by atoms with Crippen LogP contribution in [-0.4, -0.2) is 25.0 Å². The van der Waals surface area contributed by atoms with Crippen molar-refractivity contribution in [3.05, 3.63) is 35.9 Å². The van der Waals surface area contributed by atoms with Crippen molar-refractivity contribution >= 4 is 5.91 Å². The Balaban J connectivity index is 1.60. The zero-order chi connectivity index (χ0) is 14.2. The monoisotopic (exact) mass is 274 g/mol. The number of aryl methyl sites for hydroxylation is 1. The number of hydrogen-bond acceptors (Lipinski definition) is 2. The molecule has 1 saturated heterocycles. The second-order valence-corrected chi connectivity index (χ2v) is 5.82. The molecule has 1 aliphatic rings. The third kappa shape index (κ3) is 4.97. The summed E-state index contributed by atoms with van der Waals surface area (Å²) in [5, 5.41) is 6.56. The molecule has 0 spiro atoms. The summed E-state index contributed by atoms with van der Waals surface area (Å²) in [6.07, 6.45) is 5.04. The van der Waals surface area contributed by atoms with Crippen LogP contribution in [0, 0.1) is 5.92 Å². The van der Waals surface area contributed by atoms with Crippen LogP contribution in [0.5, 0.6) is 0 Å². The minimum Gasteiger partial charge on any atom is -0.355 e. The van der Waals surface area contributed by atoms with Gasteiger partial charge in [-0.15, -0.1) is 0 Å². The summed E-state index contributed by atoms with van der Waals surface area (Å²) in [6.45, 7) is 4.11. The summed E-state index contributed by atoms with van der Waals surface area (Å²) >= 11 is 0. The molecule has 1 aromatic carbocycles. The third-order valence-corrected chi connectivity index (χ3v) is 4.16. The van der Waals surface area contributed by atoms with E-state index in [9.17, 15) is 4.79 Å². The van der Waals surface area contributed by atoms with Gasteiger partial charge in [-0.05, 0) is 43.7 Å². The predicted octanol–water partition coefficient (Wildman–Crippen LogP) is 2.51.